The van der Waals surface area contributed by atoms with Gasteiger partial charge in [-0.25, -0.2) is 0 Å². The molecular formula is C6H16N2O2. The standard InChI is InChI=1S/C4H8O2.C2H8N2/c1-2-6-4-3-5-1;3-1-2-4/h1-4H2;1-4H2. The van der Waals surface area contributed by atoms with Crippen LogP contribution in [0, 0.1) is 0 Å². The maximum atomic E-state index is 4.94. The summed E-state index contributed by atoms with van der Waals surface area (Å²) in [5, 5.41) is 0. The van der Waals surface area contributed by atoms with E-state index in [1.807, 2.05) is 0 Å². The largest absolute Gasteiger partial charge is 0.377 e. The summed E-state index contributed by atoms with van der Waals surface area (Å²) in [6.07, 6.45) is 0. The lowest BCUT2D eigenvalue weighted by Gasteiger charge is -2.09. The van der Waals surface area contributed by atoms with Crippen LogP contribution in [0.2, 0.25) is 0 Å². The monoisotopic (exact) mass is 148 g/mol. The maximum Gasteiger partial charge on any atom is 0.0701 e. The van der Waals surface area contributed by atoms with E-state index in [2.05, 4.69) is 0 Å². The van der Waals surface area contributed by atoms with Gasteiger partial charge in [0.25, 0.3) is 0 Å². The lowest BCUT2D eigenvalue weighted by molar-refractivity contribution is -0.0334. The van der Waals surface area contributed by atoms with Crippen LogP contribution >= 0.6 is 0 Å². The average Bonchev–Trinajstić information content (AvgIpc) is 2.08. The Morgan fingerprint density at radius 2 is 1.10 bits per heavy atom. The Morgan fingerprint density at radius 1 is 0.800 bits per heavy atom. The van der Waals surface area contributed by atoms with E-state index >= 15 is 0 Å². The van der Waals surface area contributed by atoms with Gasteiger partial charge in [0.05, 0.1) is 26.4 Å². The van der Waals surface area contributed by atoms with Crippen LogP contribution in [-0.2, 0) is 9.47 Å². The summed E-state index contributed by atoms with van der Waals surface area (Å²) in [4.78, 5) is 0. The third-order valence-corrected chi connectivity index (χ3v) is 0.911. The molecule has 0 aromatic heterocycles. The number of hydrogen-bond donors (Lipinski definition) is 2. The highest BCUT2D eigenvalue weighted by atomic mass is 16.6. The lowest BCUT2D eigenvalue weighted by atomic mass is 10.6. The SMILES string of the molecule is C1COCCO1.NCCN. The second kappa shape index (κ2) is 8.84. The topological polar surface area (TPSA) is 70.5 Å². The van der Waals surface area contributed by atoms with Crippen LogP contribution in [0.3, 0.4) is 0 Å². The van der Waals surface area contributed by atoms with Crippen molar-refractivity contribution in [3.8, 4) is 0 Å². The van der Waals surface area contributed by atoms with Gasteiger partial charge in [0.15, 0.2) is 0 Å². The van der Waals surface area contributed by atoms with Gasteiger partial charge in [0.2, 0.25) is 0 Å². The van der Waals surface area contributed by atoms with Crippen molar-refractivity contribution >= 4 is 0 Å². The van der Waals surface area contributed by atoms with Gasteiger partial charge in [0, 0.05) is 13.1 Å². The van der Waals surface area contributed by atoms with E-state index in [9.17, 15) is 0 Å². The molecule has 0 atom stereocenters. The third kappa shape index (κ3) is 7.84. The first-order valence-corrected chi connectivity index (χ1v) is 3.47. The van der Waals surface area contributed by atoms with Crippen LogP contribution in [0.1, 0.15) is 0 Å². The molecule has 0 aromatic rings. The van der Waals surface area contributed by atoms with Crippen molar-refractivity contribution in [3.63, 3.8) is 0 Å². The fourth-order valence-corrected chi connectivity index (χ4v) is 0.440. The van der Waals surface area contributed by atoms with E-state index in [1.54, 1.807) is 0 Å². The Bertz CT molecular complexity index is 44.2. The molecular weight excluding hydrogens is 132 g/mol. The second-order valence-electron chi connectivity index (χ2n) is 1.80. The normalized spacial score (nSPS) is 17.4. The molecule has 0 aromatic carbocycles. The van der Waals surface area contributed by atoms with Crippen molar-refractivity contribution < 1.29 is 9.47 Å². The van der Waals surface area contributed by atoms with Gasteiger partial charge >= 0.3 is 0 Å². The van der Waals surface area contributed by atoms with Crippen molar-refractivity contribution in [2.75, 3.05) is 39.5 Å². The predicted octanol–water partition coefficient (Wildman–Crippen LogP) is -1.06. The molecule has 62 valence electrons. The number of rotatable bonds is 1. The van der Waals surface area contributed by atoms with Crippen LogP contribution < -0.4 is 11.5 Å². The Kier molecular flexibility index (Phi) is 8.70. The van der Waals surface area contributed by atoms with E-state index in [-0.39, 0.29) is 0 Å². The van der Waals surface area contributed by atoms with E-state index in [1.165, 1.54) is 0 Å². The first-order valence-electron chi connectivity index (χ1n) is 3.47. The van der Waals surface area contributed by atoms with Gasteiger partial charge in [0.1, 0.15) is 0 Å². The fourth-order valence-electron chi connectivity index (χ4n) is 0.440. The molecule has 10 heavy (non-hydrogen) atoms. The molecule has 1 saturated heterocycles. The molecule has 0 aliphatic carbocycles. The minimum Gasteiger partial charge on any atom is -0.377 e. The summed E-state index contributed by atoms with van der Waals surface area (Å²) in [6.45, 7) is 4.31. The molecule has 0 radical (unpaired) electrons. The highest BCUT2D eigenvalue weighted by Gasteiger charge is 1.94. The highest BCUT2D eigenvalue weighted by Crippen LogP contribution is 1.85. The van der Waals surface area contributed by atoms with Crippen molar-refractivity contribution in [2.24, 2.45) is 11.5 Å². The Hall–Kier alpha value is -0.160. The van der Waals surface area contributed by atoms with Gasteiger partial charge in [-0.15, -0.1) is 0 Å². The molecule has 0 spiro atoms. The highest BCUT2D eigenvalue weighted by molar-refractivity contribution is 4.37. The minimum atomic E-state index is 0.597. The van der Waals surface area contributed by atoms with Gasteiger partial charge < -0.3 is 20.9 Å². The maximum absolute atomic E-state index is 4.94. The first-order chi connectivity index (χ1) is 4.91. The quantitative estimate of drug-likeness (QED) is 0.497. The Morgan fingerprint density at radius 3 is 1.20 bits per heavy atom. The van der Waals surface area contributed by atoms with Crippen LogP contribution in [0.4, 0.5) is 0 Å². The molecule has 4 nitrogen and oxygen atoms in total. The predicted molar refractivity (Wildman–Crippen MR) is 39.7 cm³/mol. The van der Waals surface area contributed by atoms with Crippen LogP contribution in [0.15, 0.2) is 0 Å². The van der Waals surface area contributed by atoms with Gasteiger partial charge in [-0.2, -0.15) is 0 Å². The fraction of sp³-hybridized carbons (Fsp3) is 1.00. The summed E-state index contributed by atoms with van der Waals surface area (Å²) in [5.74, 6) is 0. The van der Waals surface area contributed by atoms with E-state index < -0.39 is 0 Å². The number of hydrogen-bond acceptors (Lipinski definition) is 4. The van der Waals surface area contributed by atoms with Crippen LogP contribution in [0.5, 0.6) is 0 Å². The van der Waals surface area contributed by atoms with Crippen molar-refractivity contribution in [1.29, 1.82) is 0 Å². The molecule has 1 rings (SSSR count). The zero-order chi connectivity index (χ0) is 7.66. The van der Waals surface area contributed by atoms with E-state index in [0.29, 0.717) is 13.1 Å². The lowest BCUT2D eigenvalue weighted by Crippen LogP contribution is -2.16. The average molecular weight is 148 g/mol. The molecule has 1 aliphatic heterocycles. The van der Waals surface area contributed by atoms with Gasteiger partial charge in [-0.3, -0.25) is 0 Å². The number of nitrogens with two attached hydrogens (primary N) is 2. The summed E-state index contributed by atoms with van der Waals surface area (Å²) >= 11 is 0. The second-order valence-corrected chi connectivity index (χ2v) is 1.80. The minimum absolute atomic E-state index is 0.597. The van der Waals surface area contributed by atoms with E-state index in [4.69, 9.17) is 20.9 Å². The molecule has 0 unspecified atom stereocenters. The zero-order valence-electron chi connectivity index (χ0n) is 6.21. The van der Waals surface area contributed by atoms with Crippen molar-refractivity contribution in [1.82, 2.24) is 0 Å². The Balaban J connectivity index is 0.000000180. The Labute approximate surface area is 61.5 Å². The summed E-state index contributed by atoms with van der Waals surface area (Å²) < 4.78 is 9.89. The van der Waals surface area contributed by atoms with Crippen LogP contribution in [0.25, 0.3) is 0 Å². The molecule has 4 heteroatoms. The first kappa shape index (κ1) is 9.84. The molecule has 0 saturated carbocycles. The molecule has 1 heterocycles. The van der Waals surface area contributed by atoms with Crippen LogP contribution in [-0.4, -0.2) is 39.5 Å². The summed E-state index contributed by atoms with van der Waals surface area (Å²) in [6, 6.07) is 0. The molecule has 1 fully saturated rings. The van der Waals surface area contributed by atoms with Gasteiger partial charge in [-0.05, 0) is 0 Å². The summed E-state index contributed by atoms with van der Waals surface area (Å²) in [5.41, 5.74) is 9.81. The molecule has 0 amide bonds. The third-order valence-electron chi connectivity index (χ3n) is 0.911. The molecule has 4 N–H and O–H groups in total. The van der Waals surface area contributed by atoms with E-state index in [0.717, 1.165) is 26.4 Å². The zero-order valence-corrected chi connectivity index (χ0v) is 6.21. The van der Waals surface area contributed by atoms with Gasteiger partial charge in [-0.1, -0.05) is 0 Å². The van der Waals surface area contributed by atoms with Crippen molar-refractivity contribution in [2.45, 2.75) is 0 Å². The molecule has 0 bridgehead atoms. The summed E-state index contributed by atoms with van der Waals surface area (Å²) in [7, 11) is 0. The smallest absolute Gasteiger partial charge is 0.0701 e. The number of ether oxygens (including phenoxy) is 2. The molecule has 1 aliphatic rings. The van der Waals surface area contributed by atoms with Crippen molar-refractivity contribution in [3.05, 3.63) is 0 Å².